The zero-order valence-corrected chi connectivity index (χ0v) is 11.1. The smallest absolute Gasteiger partial charge is 0.119 e. The fourth-order valence-electron chi connectivity index (χ4n) is 2.66. The van der Waals surface area contributed by atoms with Gasteiger partial charge < -0.3 is 9.47 Å². The second-order valence-electron chi connectivity index (χ2n) is 4.86. The number of hydrogen-bond donors (Lipinski definition) is 2. The van der Waals surface area contributed by atoms with E-state index in [-0.39, 0.29) is 12.1 Å². The first-order valence-corrected chi connectivity index (χ1v) is 6.45. The average Bonchev–Trinajstić information content (AvgIpc) is 2.82. The van der Waals surface area contributed by atoms with E-state index >= 15 is 0 Å². The van der Waals surface area contributed by atoms with Gasteiger partial charge in [0.25, 0.3) is 0 Å². The summed E-state index contributed by atoms with van der Waals surface area (Å²) in [6.45, 7) is 2.95. The number of nitrogens with two attached hydrogens (primary N) is 1. The van der Waals surface area contributed by atoms with Crippen LogP contribution in [0.15, 0.2) is 24.3 Å². The molecule has 1 fully saturated rings. The molecule has 3 atom stereocenters. The van der Waals surface area contributed by atoms with E-state index in [1.807, 2.05) is 12.1 Å². The summed E-state index contributed by atoms with van der Waals surface area (Å²) in [6, 6.07) is 8.37. The zero-order chi connectivity index (χ0) is 13.0. The Morgan fingerprint density at radius 3 is 3.00 bits per heavy atom. The van der Waals surface area contributed by atoms with Gasteiger partial charge in [-0.2, -0.15) is 0 Å². The predicted octanol–water partition coefficient (Wildman–Crippen LogP) is 1.49. The second kappa shape index (κ2) is 6.18. The second-order valence-corrected chi connectivity index (χ2v) is 4.86. The Balaban J connectivity index is 2.05. The van der Waals surface area contributed by atoms with Crippen molar-refractivity contribution < 1.29 is 9.47 Å². The summed E-state index contributed by atoms with van der Waals surface area (Å²) in [5.41, 5.74) is 4.17. The molecule has 4 nitrogen and oxygen atoms in total. The molecule has 0 spiro atoms. The lowest BCUT2D eigenvalue weighted by Crippen LogP contribution is -2.44. The van der Waals surface area contributed by atoms with Gasteiger partial charge in [-0.05, 0) is 37.5 Å². The summed E-state index contributed by atoms with van der Waals surface area (Å²) in [5.74, 6) is 7.06. The van der Waals surface area contributed by atoms with E-state index < -0.39 is 0 Å². The van der Waals surface area contributed by atoms with Gasteiger partial charge in [0.05, 0.1) is 13.2 Å². The van der Waals surface area contributed by atoms with Crippen molar-refractivity contribution in [3.63, 3.8) is 0 Å². The molecule has 1 aliphatic rings. The molecule has 18 heavy (non-hydrogen) atoms. The maximum atomic E-state index is 5.70. The minimum atomic E-state index is 0.245. The summed E-state index contributed by atoms with van der Waals surface area (Å²) < 4.78 is 10.9. The lowest BCUT2D eigenvalue weighted by Gasteiger charge is -2.25. The molecule has 3 N–H and O–H groups in total. The van der Waals surface area contributed by atoms with E-state index in [2.05, 4.69) is 24.5 Å². The topological polar surface area (TPSA) is 56.5 Å². The Morgan fingerprint density at radius 1 is 1.56 bits per heavy atom. The van der Waals surface area contributed by atoms with Gasteiger partial charge in [-0.25, -0.2) is 0 Å². The minimum Gasteiger partial charge on any atom is -0.497 e. The van der Waals surface area contributed by atoms with E-state index in [9.17, 15) is 0 Å². The number of ether oxygens (including phenoxy) is 2. The van der Waals surface area contributed by atoms with Crippen molar-refractivity contribution in [1.82, 2.24) is 5.43 Å². The van der Waals surface area contributed by atoms with Crippen molar-refractivity contribution in [2.24, 2.45) is 11.8 Å². The molecule has 4 heteroatoms. The van der Waals surface area contributed by atoms with Crippen LogP contribution in [-0.4, -0.2) is 25.9 Å². The summed E-state index contributed by atoms with van der Waals surface area (Å²) in [6.07, 6.45) is 2.24. The third-order valence-corrected chi connectivity index (χ3v) is 3.76. The molecule has 0 radical (unpaired) electrons. The molecule has 2 rings (SSSR count). The van der Waals surface area contributed by atoms with Crippen molar-refractivity contribution in [2.75, 3.05) is 13.7 Å². The fourth-order valence-corrected chi connectivity index (χ4v) is 2.66. The monoisotopic (exact) mass is 250 g/mol. The summed E-state index contributed by atoms with van der Waals surface area (Å²) in [5, 5.41) is 0. The van der Waals surface area contributed by atoms with Gasteiger partial charge in [0.15, 0.2) is 0 Å². The molecule has 100 valence electrons. The molecule has 0 aromatic heterocycles. The van der Waals surface area contributed by atoms with Gasteiger partial charge in [-0.3, -0.25) is 11.3 Å². The maximum Gasteiger partial charge on any atom is 0.119 e. The Hall–Kier alpha value is -1.10. The Bertz CT molecular complexity index is 384. The Morgan fingerprint density at radius 2 is 2.39 bits per heavy atom. The highest BCUT2D eigenvalue weighted by Gasteiger charge is 2.31. The largest absolute Gasteiger partial charge is 0.497 e. The summed E-state index contributed by atoms with van der Waals surface area (Å²) in [7, 11) is 1.69. The molecule has 0 amide bonds. The predicted molar refractivity (Wildman–Crippen MR) is 71.3 cm³/mol. The SMILES string of the molecule is COc1cccc(CC(NN)C2CCOC2C)c1. The normalized spacial score (nSPS) is 25.1. The molecule has 1 heterocycles. The molecule has 0 bridgehead atoms. The lowest BCUT2D eigenvalue weighted by atomic mass is 9.89. The third kappa shape index (κ3) is 3.02. The van der Waals surface area contributed by atoms with Crippen molar-refractivity contribution in [1.29, 1.82) is 0 Å². The van der Waals surface area contributed by atoms with Crippen LogP contribution in [0, 0.1) is 5.92 Å². The molecule has 3 unspecified atom stereocenters. The van der Waals surface area contributed by atoms with E-state index in [0.717, 1.165) is 25.2 Å². The van der Waals surface area contributed by atoms with Crippen LogP contribution in [0.5, 0.6) is 5.75 Å². The Labute approximate surface area is 108 Å². The first kappa shape index (κ1) is 13.3. The highest BCUT2D eigenvalue weighted by molar-refractivity contribution is 5.29. The van der Waals surface area contributed by atoms with Crippen LogP contribution >= 0.6 is 0 Å². The van der Waals surface area contributed by atoms with Gasteiger partial charge >= 0.3 is 0 Å². The third-order valence-electron chi connectivity index (χ3n) is 3.76. The minimum absolute atomic E-state index is 0.245. The van der Waals surface area contributed by atoms with E-state index in [4.69, 9.17) is 15.3 Å². The number of methoxy groups -OCH3 is 1. The number of rotatable bonds is 5. The first-order valence-electron chi connectivity index (χ1n) is 6.45. The van der Waals surface area contributed by atoms with Gasteiger partial charge in [0.2, 0.25) is 0 Å². The molecular formula is C14H22N2O2. The molecule has 1 aromatic carbocycles. The van der Waals surface area contributed by atoms with Gasteiger partial charge in [0.1, 0.15) is 5.75 Å². The molecule has 1 aromatic rings. The number of benzene rings is 1. The highest BCUT2D eigenvalue weighted by Crippen LogP contribution is 2.26. The maximum absolute atomic E-state index is 5.70. The van der Waals surface area contributed by atoms with Crippen molar-refractivity contribution >= 4 is 0 Å². The molecule has 1 aliphatic heterocycles. The number of nitrogens with one attached hydrogen (secondary N) is 1. The van der Waals surface area contributed by atoms with Crippen LogP contribution in [0.25, 0.3) is 0 Å². The number of hydrazine groups is 1. The van der Waals surface area contributed by atoms with E-state index in [1.165, 1.54) is 5.56 Å². The van der Waals surface area contributed by atoms with Crippen LogP contribution in [0.1, 0.15) is 18.9 Å². The molecular weight excluding hydrogens is 228 g/mol. The van der Waals surface area contributed by atoms with Crippen molar-refractivity contribution in [3.8, 4) is 5.75 Å². The average molecular weight is 250 g/mol. The lowest BCUT2D eigenvalue weighted by molar-refractivity contribution is 0.0954. The van der Waals surface area contributed by atoms with Crippen LogP contribution < -0.4 is 16.0 Å². The summed E-state index contributed by atoms with van der Waals surface area (Å²) in [4.78, 5) is 0. The van der Waals surface area contributed by atoms with Crippen LogP contribution in [0.3, 0.4) is 0 Å². The highest BCUT2D eigenvalue weighted by atomic mass is 16.5. The van der Waals surface area contributed by atoms with Gasteiger partial charge in [-0.1, -0.05) is 12.1 Å². The molecule has 0 aliphatic carbocycles. The van der Waals surface area contributed by atoms with Crippen molar-refractivity contribution in [2.45, 2.75) is 31.9 Å². The molecule has 0 saturated carbocycles. The quantitative estimate of drug-likeness (QED) is 0.614. The van der Waals surface area contributed by atoms with Crippen LogP contribution in [0.2, 0.25) is 0 Å². The number of hydrogen-bond acceptors (Lipinski definition) is 4. The van der Waals surface area contributed by atoms with Gasteiger partial charge in [-0.15, -0.1) is 0 Å². The van der Waals surface area contributed by atoms with Crippen LogP contribution in [-0.2, 0) is 11.2 Å². The zero-order valence-electron chi connectivity index (χ0n) is 11.1. The summed E-state index contributed by atoms with van der Waals surface area (Å²) >= 11 is 0. The van der Waals surface area contributed by atoms with E-state index in [1.54, 1.807) is 7.11 Å². The Kier molecular flexibility index (Phi) is 4.58. The van der Waals surface area contributed by atoms with Gasteiger partial charge in [0, 0.05) is 18.6 Å². The molecule has 1 saturated heterocycles. The van der Waals surface area contributed by atoms with Crippen molar-refractivity contribution in [3.05, 3.63) is 29.8 Å². The van der Waals surface area contributed by atoms with E-state index in [0.29, 0.717) is 5.92 Å². The van der Waals surface area contributed by atoms with Crippen LogP contribution in [0.4, 0.5) is 0 Å². The first-order chi connectivity index (χ1) is 8.74. The fraction of sp³-hybridized carbons (Fsp3) is 0.571. The standard InChI is InChI=1S/C14H22N2O2/c1-10-13(6-7-18-10)14(16-15)9-11-4-3-5-12(8-11)17-2/h3-5,8,10,13-14,16H,6-7,9,15H2,1-2H3.